The lowest BCUT2D eigenvalue weighted by Crippen LogP contribution is -2.50. The SMILES string of the molecule is Cc1ccc(NC(=O)N2CCN(c3cccc(F)n3)CC2)nc1. The fourth-order valence-corrected chi connectivity index (χ4v) is 2.44. The van der Waals surface area contributed by atoms with Crippen molar-refractivity contribution in [3.8, 4) is 0 Å². The number of nitrogens with one attached hydrogen (secondary N) is 1. The minimum Gasteiger partial charge on any atom is -0.353 e. The summed E-state index contributed by atoms with van der Waals surface area (Å²) in [4.78, 5) is 24.0. The summed E-state index contributed by atoms with van der Waals surface area (Å²) in [6.45, 7) is 4.28. The molecule has 7 heteroatoms. The average molecular weight is 315 g/mol. The van der Waals surface area contributed by atoms with Crippen molar-refractivity contribution in [2.24, 2.45) is 0 Å². The minimum atomic E-state index is -0.492. The van der Waals surface area contributed by atoms with E-state index in [9.17, 15) is 9.18 Å². The number of carbonyl (C=O) groups excluding carboxylic acids is 1. The first-order valence-corrected chi connectivity index (χ1v) is 7.48. The van der Waals surface area contributed by atoms with E-state index in [0.29, 0.717) is 37.8 Å². The van der Waals surface area contributed by atoms with Gasteiger partial charge >= 0.3 is 6.03 Å². The van der Waals surface area contributed by atoms with E-state index in [1.54, 1.807) is 29.3 Å². The van der Waals surface area contributed by atoms with Gasteiger partial charge in [-0.25, -0.2) is 14.8 Å². The number of aryl methyl sites for hydroxylation is 1. The van der Waals surface area contributed by atoms with Crippen molar-refractivity contribution in [3.63, 3.8) is 0 Å². The molecule has 120 valence electrons. The van der Waals surface area contributed by atoms with Crippen LogP contribution in [0.5, 0.6) is 0 Å². The number of aromatic nitrogens is 2. The summed E-state index contributed by atoms with van der Waals surface area (Å²) in [7, 11) is 0. The van der Waals surface area contributed by atoms with Crippen LogP contribution >= 0.6 is 0 Å². The molecule has 0 aliphatic carbocycles. The summed E-state index contributed by atoms with van der Waals surface area (Å²) in [5.41, 5.74) is 1.04. The molecule has 2 amide bonds. The Morgan fingerprint density at radius 2 is 1.96 bits per heavy atom. The molecule has 1 aliphatic rings. The van der Waals surface area contributed by atoms with E-state index in [0.717, 1.165) is 5.56 Å². The van der Waals surface area contributed by atoms with Crippen LogP contribution in [0.3, 0.4) is 0 Å². The van der Waals surface area contributed by atoms with Gasteiger partial charge in [-0.05, 0) is 30.7 Å². The molecule has 1 fully saturated rings. The van der Waals surface area contributed by atoms with Gasteiger partial charge in [0, 0.05) is 32.4 Å². The Bertz CT molecular complexity index is 683. The third-order valence-electron chi connectivity index (χ3n) is 3.74. The first-order valence-electron chi connectivity index (χ1n) is 7.48. The van der Waals surface area contributed by atoms with Gasteiger partial charge in [-0.3, -0.25) is 5.32 Å². The number of nitrogens with zero attached hydrogens (tertiary/aromatic N) is 4. The second kappa shape index (κ2) is 6.60. The number of anilines is 2. The molecule has 23 heavy (non-hydrogen) atoms. The predicted octanol–water partition coefficient (Wildman–Crippen LogP) is 2.28. The van der Waals surface area contributed by atoms with E-state index >= 15 is 0 Å². The summed E-state index contributed by atoms with van der Waals surface area (Å²) in [5, 5.41) is 2.78. The Kier molecular flexibility index (Phi) is 4.36. The van der Waals surface area contributed by atoms with Crippen LogP contribution in [0.25, 0.3) is 0 Å². The molecule has 2 aromatic heterocycles. The Hall–Kier alpha value is -2.70. The van der Waals surface area contributed by atoms with E-state index in [4.69, 9.17) is 0 Å². The van der Waals surface area contributed by atoms with Gasteiger partial charge < -0.3 is 9.80 Å². The fraction of sp³-hybridized carbons (Fsp3) is 0.312. The summed E-state index contributed by atoms with van der Waals surface area (Å²) in [6.07, 6.45) is 1.71. The molecule has 0 spiro atoms. The van der Waals surface area contributed by atoms with Crippen molar-refractivity contribution in [2.45, 2.75) is 6.92 Å². The van der Waals surface area contributed by atoms with Crippen molar-refractivity contribution in [3.05, 3.63) is 48.0 Å². The van der Waals surface area contributed by atoms with Crippen LogP contribution in [0, 0.1) is 12.9 Å². The summed E-state index contributed by atoms with van der Waals surface area (Å²) in [5.74, 6) is 0.646. The van der Waals surface area contributed by atoms with Gasteiger partial charge in [0.2, 0.25) is 5.95 Å². The highest BCUT2D eigenvalue weighted by Crippen LogP contribution is 2.14. The van der Waals surface area contributed by atoms with Crippen LogP contribution in [0.4, 0.5) is 20.8 Å². The normalized spacial score (nSPS) is 14.7. The monoisotopic (exact) mass is 315 g/mol. The van der Waals surface area contributed by atoms with Gasteiger partial charge in [0.05, 0.1) is 0 Å². The second-order valence-corrected chi connectivity index (χ2v) is 5.44. The van der Waals surface area contributed by atoms with Gasteiger partial charge in [-0.15, -0.1) is 0 Å². The number of hydrogen-bond acceptors (Lipinski definition) is 4. The molecule has 1 N–H and O–H groups in total. The lowest BCUT2D eigenvalue weighted by Gasteiger charge is -2.35. The molecule has 0 unspecified atom stereocenters. The third-order valence-corrected chi connectivity index (χ3v) is 3.74. The quantitative estimate of drug-likeness (QED) is 0.864. The topological polar surface area (TPSA) is 61.4 Å². The van der Waals surface area contributed by atoms with Crippen LogP contribution in [-0.2, 0) is 0 Å². The van der Waals surface area contributed by atoms with Gasteiger partial charge in [-0.1, -0.05) is 12.1 Å². The molecule has 0 atom stereocenters. The standard InChI is InChI=1S/C16H18FN5O/c1-12-5-6-14(18-11-12)20-16(23)22-9-7-21(8-10-22)15-4-2-3-13(17)19-15/h2-6,11H,7-10H2,1H3,(H,18,20,23). The average Bonchev–Trinajstić information content (AvgIpc) is 2.57. The lowest BCUT2D eigenvalue weighted by atomic mass is 10.3. The van der Waals surface area contributed by atoms with Crippen molar-refractivity contribution in [1.82, 2.24) is 14.9 Å². The molecular weight excluding hydrogens is 297 g/mol. The van der Waals surface area contributed by atoms with E-state index in [1.807, 2.05) is 17.9 Å². The molecule has 6 nitrogen and oxygen atoms in total. The van der Waals surface area contributed by atoms with Crippen LogP contribution in [-0.4, -0.2) is 47.1 Å². The van der Waals surface area contributed by atoms with Crippen LogP contribution in [0.15, 0.2) is 36.5 Å². The van der Waals surface area contributed by atoms with Gasteiger partial charge in [0.15, 0.2) is 0 Å². The molecule has 0 radical (unpaired) electrons. The molecule has 3 heterocycles. The molecule has 1 aliphatic heterocycles. The van der Waals surface area contributed by atoms with Gasteiger partial charge in [0.25, 0.3) is 0 Å². The zero-order chi connectivity index (χ0) is 16.2. The summed E-state index contributed by atoms with van der Waals surface area (Å²) >= 11 is 0. The zero-order valence-corrected chi connectivity index (χ0v) is 12.9. The minimum absolute atomic E-state index is 0.173. The highest BCUT2D eigenvalue weighted by atomic mass is 19.1. The number of halogens is 1. The van der Waals surface area contributed by atoms with Crippen molar-refractivity contribution < 1.29 is 9.18 Å². The number of hydrogen-bond donors (Lipinski definition) is 1. The zero-order valence-electron chi connectivity index (χ0n) is 12.9. The molecular formula is C16H18FN5O. The maximum Gasteiger partial charge on any atom is 0.323 e. The summed E-state index contributed by atoms with van der Waals surface area (Å²) < 4.78 is 13.2. The first-order chi connectivity index (χ1) is 11.1. The molecule has 0 saturated carbocycles. The molecule has 0 aromatic carbocycles. The Balaban J connectivity index is 1.56. The summed E-state index contributed by atoms with van der Waals surface area (Å²) in [6, 6.07) is 8.24. The Morgan fingerprint density at radius 3 is 2.61 bits per heavy atom. The van der Waals surface area contributed by atoms with E-state index < -0.39 is 5.95 Å². The number of pyridine rings is 2. The number of amides is 2. The van der Waals surface area contributed by atoms with Crippen molar-refractivity contribution in [2.75, 3.05) is 36.4 Å². The Morgan fingerprint density at radius 1 is 1.17 bits per heavy atom. The van der Waals surface area contributed by atoms with E-state index in [1.165, 1.54) is 6.07 Å². The number of carbonyl (C=O) groups is 1. The second-order valence-electron chi connectivity index (χ2n) is 5.44. The lowest BCUT2D eigenvalue weighted by molar-refractivity contribution is 0.208. The van der Waals surface area contributed by atoms with Crippen LogP contribution in [0.2, 0.25) is 0 Å². The third kappa shape index (κ3) is 3.74. The van der Waals surface area contributed by atoms with Gasteiger partial charge in [-0.2, -0.15) is 4.39 Å². The van der Waals surface area contributed by atoms with E-state index in [-0.39, 0.29) is 6.03 Å². The number of piperazine rings is 1. The molecule has 1 saturated heterocycles. The molecule has 0 bridgehead atoms. The largest absolute Gasteiger partial charge is 0.353 e. The van der Waals surface area contributed by atoms with E-state index in [2.05, 4.69) is 15.3 Å². The number of rotatable bonds is 2. The number of urea groups is 1. The fourth-order valence-electron chi connectivity index (χ4n) is 2.44. The van der Waals surface area contributed by atoms with Crippen LogP contribution in [0.1, 0.15) is 5.56 Å². The van der Waals surface area contributed by atoms with Crippen molar-refractivity contribution in [1.29, 1.82) is 0 Å². The Labute approximate surface area is 134 Å². The van der Waals surface area contributed by atoms with Crippen LogP contribution < -0.4 is 10.2 Å². The maximum absolute atomic E-state index is 13.2. The molecule has 3 rings (SSSR count). The maximum atomic E-state index is 13.2. The van der Waals surface area contributed by atoms with Gasteiger partial charge in [0.1, 0.15) is 11.6 Å². The molecule has 2 aromatic rings. The highest BCUT2D eigenvalue weighted by molar-refractivity contribution is 5.88. The predicted molar refractivity (Wildman–Crippen MR) is 86.0 cm³/mol. The van der Waals surface area contributed by atoms with Crippen molar-refractivity contribution >= 4 is 17.7 Å². The highest BCUT2D eigenvalue weighted by Gasteiger charge is 2.22. The first kappa shape index (κ1) is 15.2. The smallest absolute Gasteiger partial charge is 0.323 e.